The molecule has 1 N–H and O–H groups in total. The summed E-state index contributed by atoms with van der Waals surface area (Å²) < 4.78 is 34.7. The van der Waals surface area contributed by atoms with Crippen molar-refractivity contribution in [2.75, 3.05) is 19.8 Å². The first-order valence-corrected chi connectivity index (χ1v) is 10.3. The number of ether oxygens (including phenoxy) is 2. The van der Waals surface area contributed by atoms with E-state index < -0.39 is 6.61 Å². The zero-order valence-electron chi connectivity index (χ0n) is 17.0. The standard InChI is InChI=1S/C21H25F2N5O3.H2/c22-21(23)31-18-7-4-15-10-16(12-25-19(15)11-18)20(29)27-17-5-2-14(3-6-17)13-30-9-1-8-26-28-24;/h4,7,10-12,14,17,21H,1-3,5-6,8-9,13H2,(H,27,29);1H. The van der Waals surface area contributed by atoms with Crippen molar-refractivity contribution >= 4 is 16.8 Å². The molecule has 8 nitrogen and oxygen atoms in total. The van der Waals surface area contributed by atoms with Crippen molar-refractivity contribution in [3.8, 4) is 5.75 Å². The van der Waals surface area contributed by atoms with Crippen LogP contribution in [0.3, 0.4) is 0 Å². The fourth-order valence-electron chi connectivity index (χ4n) is 3.68. The number of hydrogen-bond donors (Lipinski definition) is 1. The zero-order chi connectivity index (χ0) is 22.1. The Morgan fingerprint density at radius 1 is 1.32 bits per heavy atom. The van der Waals surface area contributed by atoms with Crippen LogP contribution in [-0.4, -0.2) is 43.3 Å². The quantitative estimate of drug-likeness (QED) is 0.243. The van der Waals surface area contributed by atoms with Gasteiger partial charge in [0, 0.05) is 49.8 Å². The SMILES string of the molecule is [HH].[N-]=[N+]=NCCCOCC1CCC(NC(=O)c2cnc3cc(OC(F)F)ccc3c2)CC1. The van der Waals surface area contributed by atoms with Crippen LogP contribution in [-0.2, 0) is 4.74 Å². The minimum atomic E-state index is -2.90. The Kier molecular flexibility index (Phi) is 8.37. The molecule has 10 heteroatoms. The first-order chi connectivity index (χ1) is 15.0. The monoisotopic (exact) mass is 435 g/mol. The zero-order valence-corrected chi connectivity index (χ0v) is 17.0. The van der Waals surface area contributed by atoms with E-state index >= 15 is 0 Å². The van der Waals surface area contributed by atoms with E-state index in [1.54, 1.807) is 12.1 Å². The number of azide groups is 1. The second kappa shape index (κ2) is 11.4. The highest BCUT2D eigenvalue weighted by Crippen LogP contribution is 2.25. The molecular weight excluding hydrogens is 408 g/mol. The third kappa shape index (κ3) is 7.04. The van der Waals surface area contributed by atoms with Gasteiger partial charge < -0.3 is 14.8 Å². The van der Waals surface area contributed by atoms with Gasteiger partial charge in [-0.2, -0.15) is 8.78 Å². The largest absolute Gasteiger partial charge is 0.435 e. The fourth-order valence-corrected chi connectivity index (χ4v) is 3.68. The minimum Gasteiger partial charge on any atom is -0.435 e. The van der Waals surface area contributed by atoms with Crippen molar-refractivity contribution in [3.63, 3.8) is 0 Å². The van der Waals surface area contributed by atoms with Crippen LogP contribution in [0.1, 0.15) is 43.9 Å². The summed E-state index contributed by atoms with van der Waals surface area (Å²) in [6.45, 7) is -1.18. The van der Waals surface area contributed by atoms with Gasteiger partial charge in [0.1, 0.15) is 5.75 Å². The number of amides is 1. The lowest BCUT2D eigenvalue weighted by atomic mass is 9.86. The van der Waals surface area contributed by atoms with Gasteiger partial charge in [-0.1, -0.05) is 5.11 Å². The number of rotatable bonds is 10. The van der Waals surface area contributed by atoms with E-state index in [2.05, 4.69) is 25.1 Å². The van der Waals surface area contributed by atoms with Crippen molar-refractivity contribution < 1.29 is 24.5 Å². The van der Waals surface area contributed by atoms with E-state index in [4.69, 9.17) is 10.3 Å². The van der Waals surface area contributed by atoms with Gasteiger partial charge in [-0.25, -0.2) is 0 Å². The third-order valence-corrected chi connectivity index (χ3v) is 5.29. The number of halogens is 2. The smallest absolute Gasteiger partial charge is 0.387 e. The fraction of sp³-hybridized carbons (Fsp3) is 0.524. The van der Waals surface area contributed by atoms with E-state index in [0.717, 1.165) is 32.1 Å². The maximum atomic E-state index is 12.6. The molecule has 0 spiro atoms. The first-order valence-electron chi connectivity index (χ1n) is 10.3. The summed E-state index contributed by atoms with van der Waals surface area (Å²) in [5.74, 6) is 0.309. The molecule has 1 saturated carbocycles. The van der Waals surface area contributed by atoms with E-state index in [0.29, 0.717) is 42.1 Å². The summed E-state index contributed by atoms with van der Waals surface area (Å²) >= 11 is 0. The molecular formula is C21H27F2N5O3. The molecule has 0 aliphatic heterocycles. The Morgan fingerprint density at radius 2 is 2.13 bits per heavy atom. The maximum Gasteiger partial charge on any atom is 0.387 e. The normalized spacial score (nSPS) is 18.5. The Labute approximate surface area is 180 Å². The molecule has 0 unspecified atom stereocenters. The van der Waals surface area contributed by atoms with Crippen LogP contribution in [0.2, 0.25) is 0 Å². The lowest BCUT2D eigenvalue weighted by molar-refractivity contribution is -0.0497. The summed E-state index contributed by atoms with van der Waals surface area (Å²) in [6, 6.07) is 6.25. The van der Waals surface area contributed by atoms with Crippen molar-refractivity contribution in [2.24, 2.45) is 11.0 Å². The van der Waals surface area contributed by atoms with Crippen LogP contribution in [0.4, 0.5) is 8.78 Å². The van der Waals surface area contributed by atoms with Crippen LogP contribution < -0.4 is 10.1 Å². The average molecular weight is 435 g/mol. The van der Waals surface area contributed by atoms with Crippen molar-refractivity contribution in [1.29, 1.82) is 0 Å². The Balaban J connectivity index is 0.00000363. The summed E-state index contributed by atoms with van der Waals surface area (Å²) in [5, 5.41) is 7.21. The molecule has 1 aromatic carbocycles. The number of hydrogen-bond acceptors (Lipinski definition) is 5. The molecule has 1 aliphatic carbocycles. The highest BCUT2D eigenvalue weighted by Gasteiger charge is 2.23. The summed E-state index contributed by atoms with van der Waals surface area (Å²) in [7, 11) is 0. The number of carbonyl (C=O) groups is 1. The molecule has 168 valence electrons. The van der Waals surface area contributed by atoms with Gasteiger partial charge >= 0.3 is 6.61 Å². The third-order valence-electron chi connectivity index (χ3n) is 5.29. The lowest BCUT2D eigenvalue weighted by Gasteiger charge is -2.29. The Bertz CT molecular complexity index is 935. The molecule has 0 bridgehead atoms. The summed E-state index contributed by atoms with van der Waals surface area (Å²) in [4.78, 5) is 19.5. The van der Waals surface area contributed by atoms with Gasteiger partial charge in [0.25, 0.3) is 5.91 Å². The van der Waals surface area contributed by atoms with E-state index in [-0.39, 0.29) is 19.1 Å². The molecule has 1 aliphatic rings. The number of nitrogens with one attached hydrogen (secondary N) is 1. The van der Waals surface area contributed by atoms with Gasteiger partial charge in [-0.05, 0) is 61.8 Å². The number of aromatic nitrogens is 1. The second-order valence-electron chi connectivity index (χ2n) is 7.53. The van der Waals surface area contributed by atoms with Gasteiger partial charge in [0.15, 0.2) is 0 Å². The van der Waals surface area contributed by atoms with Gasteiger partial charge in [-0.15, -0.1) is 0 Å². The van der Waals surface area contributed by atoms with Crippen LogP contribution in [0.25, 0.3) is 21.3 Å². The molecule has 2 aromatic rings. The van der Waals surface area contributed by atoms with Crippen LogP contribution in [0.15, 0.2) is 35.6 Å². The number of nitrogens with zero attached hydrogens (tertiary/aromatic N) is 4. The van der Waals surface area contributed by atoms with Crippen LogP contribution >= 0.6 is 0 Å². The Morgan fingerprint density at radius 3 is 2.87 bits per heavy atom. The number of benzene rings is 1. The molecule has 0 saturated heterocycles. The molecule has 1 aromatic heterocycles. The number of pyridine rings is 1. The van der Waals surface area contributed by atoms with Gasteiger partial charge in [0.05, 0.1) is 11.1 Å². The lowest BCUT2D eigenvalue weighted by Crippen LogP contribution is -2.38. The maximum absolute atomic E-state index is 12.6. The van der Waals surface area contributed by atoms with Gasteiger partial charge in [-0.3, -0.25) is 9.78 Å². The van der Waals surface area contributed by atoms with E-state index in [9.17, 15) is 13.6 Å². The average Bonchev–Trinajstić information content (AvgIpc) is 2.76. The molecule has 0 atom stereocenters. The van der Waals surface area contributed by atoms with E-state index in [1.807, 2.05) is 0 Å². The van der Waals surface area contributed by atoms with Crippen LogP contribution in [0, 0.1) is 5.92 Å². The molecule has 31 heavy (non-hydrogen) atoms. The van der Waals surface area contributed by atoms with Gasteiger partial charge in [0.2, 0.25) is 0 Å². The highest BCUT2D eigenvalue weighted by atomic mass is 19.3. The first kappa shape index (κ1) is 22.7. The Hall–Kier alpha value is -2.97. The van der Waals surface area contributed by atoms with Crippen molar-refractivity contribution in [1.82, 2.24) is 10.3 Å². The molecule has 0 radical (unpaired) electrons. The topological polar surface area (TPSA) is 109 Å². The summed E-state index contributed by atoms with van der Waals surface area (Å²) in [6.07, 6.45) is 5.88. The molecule has 1 amide bonds. The van der Waals surface area contributed by atoms with E-state index in [1.165, 1.54) is 18.3 Å². The number of carbonyl (C=O) groups excluding carboxylic acids is 1. The van der Waals surface area contributed by atoms with Crippen molar-refractivity contribution in [3.05, 3.63) is 46.5 Å². The van der Waals surface area contributed by atoms with Crippen molar-refractivity contribution in [2.45, 2.75) is 44.8 Å². The summed E-state index contributed by atoms with van der Waals surface area (Å²) in [5.41, 5.74) is 9.14. The molecule has 1 fully saturated rings. The second-order valence-corrected chi connectivity index (χ2v) is 7.53. The number of alkyl halides is 2. The molecule has 3 rings (SSSR count). The highest BCUT2D eigenvalue weighted by molar-refractivity contribution is 5.97. The van der Waals surface area contributed by atoms with Crippen LogP contribution in [0.5, 0.6) is 5.75 Å². The minimum absolute atomic E-state index is 0. The number of fused-ring (bicyclic) bond motifs is 1. The molecule has 1 heterocycles. The predicted molar refractivity (Wildman–Crippen MR) is 113 cm³/mol. The predicted octanol–water partition coefficient (Wildman–Crippen LogP) is 5.09.